The van der Waals surface area contributed by atoms with Gasteiger partial charge in [-0.1, -0.05) is 6.42 Å². The van der Waals surface area contributed by atoms with Crippen LogP contribution in [0.2, 0.25) is 0 Å². The van der Waals surface area contributed by atoms with Crippen LogP contribution >= 0.6 is 0 Å². The normalized spacial score (nSPS) is 27.1. The molecular weight excluding hydrogens is 434 g/mol. The molecular formula is C26H35N3O5. The van der Waals surface area contributed by atoms with Crippen LogP contribution in [0, 0.1) is 5.92 Å². The van der Waals surface area contributed by atoms with Crippen molar-refractivity contribution in [1.82, 2.24) is 9.55 Å². The van der Waals surface area contributed by atoms with Gasteiger partial charge in [-0.3, -0.25) is 9.69 Å². The fourth-order valence-corrected chi connectivity index (χ4v) is 6.19. The van der Waals surface area contributed by atoms with Gasteiger partial charge in [0.1, 0.15) is 5.82 Å². The van der Waals surface area contributed by atoms with Crippen LogP contribution in [0.1, 0.15) is 75.7 Å². The Morgan fingerprint density at radius 3 is 2.79 bits per heavy atom. The number of amides is 1. The van der Waals surface area contributed by atoms with Crippen molar-refractivity contribution in [2.24, 2.45) is 5.92 Å². The molecule has 5 rings (SSSR count). The quantitative estimate of drug-likeness (QED) is 0.671. The number of methoxy groups -OCH3 is 1. The predicted octanol–water partition coefficient (Wildman–Crippen LogP) is 4.87. The molecule has 2 fully saturated rings. The summed E-state index contributed by atoms with van der Waals surface area (Å²) in [4.78, 5) is 31.2. The molecule has 0 bridgehead atoms. The highest BCUT2D eigenvalue weighted by Gasteiger charge is 2.34. The highest BCUT2D eigenvalue weighted by molar-refractivity contribution is 5.95. The van der Waals surface area contributed by atoms with Gasteiger partial charge in [-0.15, -0.1) is 0 Å². The first-order chi connectivity index (χ1) is 16.5. The summed E-state index contributed by atoms with van der Waals surface area (Å²) in [6.45, 7) is 2.88. The van der Waals surface area contributed by atoms with E-state index in [1.165, 1.54) is 7.11 Å². The minimum Gasteiger partial charge on any atom is -0.481 e. The topological polar surface area (TPSA) is 93.9 Å². The molecule has 2 aliphatic heterocycles. The van der Waals surface area contributed by atoms with E-state index in [9.17, 15) is 14.7 Å². The number of ether oxygens (including phenoxy) is 2. The molecule has 3 aliphatic rings. The molecule has 8 nitrogen and oxygen atoms in total. The third-order valence-corrected chi connectivity index (χ3v) is 7.97. The molecule has 1 aromatic heterocycles. The van der Waals surface area contributed by atoms with Crippen molar-refractivity contribution in [1.29, 1.82) is 0 Å². The number of fused-ring (bicyclic) bond motifs is 3. The third kappa shape index (κ3) is 4.17. The van der Waals surface area contributed by atoms with Gasteiger partial charge in [-0.2, -0.15) is 0 Å². The Kier molecular flexibility index (Phi) is 6.51. The van der Waals surface area contributed by atoms with Gasteiger partial charge in [0.05, 0.1) is 35.9 Å². The van der Waals surface area contributed by atoms with Crippen molar-refractivity contribution < 1.29 is 24.2 Å². The number of carboxylic acid groups (broad SMARTS) is 1. The van der Waals surface area contributed by atoms with E-state index < -0.39 is 5.97 Å². The van der Waals surface area contributed by atoms with Crippen molar-refractivity contribution in [3.05, 3.63) is 23.5 Å². The Morgan fingerprint density at radius 1 is 1.21 bits per heavy atom. The van der Waals surface area contributed by atoms with Gasteiger partial charge in [0.2, 0.25) is 0 Å². The molecule has 4 atom stereocenters. The number of imidazole rings is 1. The molecule has 1 saturated carbocycles. The number of carbonyl (C=O) groups excluding carboxylic acids is 1. The zero-order valence-electron chi connectivity index (χ0n) is 20.2. The second-order valence-electron chi connectivity index (χ2n) is 10.1. The molecule has 1 saturated heterocycles. The molecule has 1 N–H and O–H groups in total. The maximum absolute atomic E-state index is 12.6. The predicted molar refractivity (Wildman–Crippen MR) is 128 cm³/mol. The Balaban J connectivity index is 1.57. The lowest BCUT2D eigenvalue weighted by atomic mass is 9.85. The number of aryl methyl sites for hydroxylation is 2. The van der Waals surface area contributed by atoms with Gasteiger partial charge in [-0.05, 0) is 70.4 Å². The standard InChI is InChI=1S/C26H35N3O5/c1-16-8-10-20-21(28(16)26(32)33-2)11-12-22-24(20)27-23(13-9-19-7-4-14-34-19)29(22)18-6-3-5-17(15-18)25(30)31/h11-12,16-19H,3-10,13-15H2,1-2H3,(H,30,31)/t16-,17-,18+,19+/m0/s1. The van der Waals surface area contributed by atoms with Gasteiger partial charge in [0.15, 0.2) is 0 Å². The van der Waals surface area contributed by atoms with Crippen molar-refractivity contribution in [2.45, 2.75) is 89.3 Å². The lowest BCUT2D eigenvalue weighted by Gasteiger charge is -2.34. The van der Waals surface area contributed by atoms with Gasteiger partial charge >= 0.3 is 12.1 Å². The molecule has 0 spiro atoms. The number of carbonyl (C=O) groups is 2. The lowest BCUT2D eigenvalue weighted by molar-refractivity contribution is -0.143. The molecule has 0 radical (unpaired) electrons. The number of aromatic nitrogens is 2. The minimum absolute atomic E-state index is 0.0631. The largest absolute Gasteiger partial charge is 0.481 e. The van der Waals surface area contributed by atoms with Crippen molar-refractivity contribution in [3.8, 4) is 0 Å². The van der Waals surface area contributed by atoms with Gasteiger partial charge < -0.3 is 19.1 Å². The number of benzene rings is 1. The molecule has 0 unspecified atom stereocenters. The monoisotopic (exact) mass is 469 g/mol. The second-order valence-corrected chi connectivity index (χ2v) is 10.1. The van der Waals surface area contributed by atoms with Crippen LogP contribution < -0.4 is 4.90 Å². The fraction of sp³-hybridized carbons (Fsp3) is 0.654. The van der Waals surface area contributed by atoms with Crippen LogP contribution in [0.15, 0.2) is 12.1 Å². The Bertz CT molecular complexity index is 1070. The summed E-state index contributed by atoms with van der Waals surface area (Å²) in [7, 11) is 1.42. The summed E-state index contributed by atoms with van der Waals surface area (Å²) in [6, 6.07) is 4.27. The Hall–Kier alpha value is -2.61. The van der Waals surface area contributed by atoms with E-state index in [-0.39, 0.29) is 30.2 Å². The minimum atomic E-state index is -0.699. The number of anilines is 1. The zero-order chi connectivity index (χ0) is 23.8. The van der Waals surface area contributed by atoms with E-state index in [1.54, 1.807) is 4.90 Å². The number of nitrogens with zero attached hydrogens (tertiary/aromatic N) is 3. The maximum Gasteiger partial charge on any atom is 0.414 e. The third-order valence-electron chi connectivity index (χ3n) is 7.97. The van der Waals surface area contributed by atoms with Crippen molar-refractivity contribution >= 4 is 28.8 Å². The number of rotatable bonds is 5. The summed E-state index contributed by atoms with van der Waals surface area (Å²) >= 11 is 0. The summed E-state index contributed by atoms with van der Waals surface area (Å²) in [5, 5.41) is 9.68. The average molecular weight is 470 g/mol. The van der Waals surface area contributed by atoms with Gasteiger partial charge in [0, 0.05) is 30.7 Å². The Morgan fingerprint density at radius 2 is 2.06 bits per heavy atom. The highest BCUT2D eigenvalue weighted by atomic mass is 16.5. The zero-order valence-corrected chi connectivity index (χ0v) is 20.2. The van der Waals surface area contributed by atoms with Crippen molar-refractivity contribution in [2.75, 3.05) is 18.6 Å². The first-order valence-corrected chi connectivity index (χ1v) is 12.7. The molecule has 1 amide bonds. The fourth-order valence-electron chi connectivity index (χ4n) is 6.19. The molecule has 1 aromatic carbocycles. The van der Waals surface area contributed by atoms with Gasteiger partial charge in [0.25, 0.3) is 0 Å². The molecule has 184 valence electrons. The van der Waals surface area contributed by atoms with Crippen LogP contribution in [-0.2, 0) is 27.1 Å². The molecule has 2 aromatic rings. The van der Waals surface area contributed by atoms with Crippen LogP contribution in [-0.4, -0.2) is 52.6 Å². The molecule has 1 aliphatic carbocycles. The van der Waals surface area contributed by atoms with E-state index in [2.05, 4.69) is 10.6 Å². The van der Waals surface area contributed by atoms with Crippen LogP contribution in [0.3, 0.4) is 0 Å². The van der Waals surface area contributed by atoms with Crippen LogP contribution in [0.4, 0.5) is 10.5 Å². The summed E-state index contributed by atoms with van der Waals surface area (Å²) in [5.74, 6) is 0.00352. The molecule has 34 heavy (non-hydrogen) atoms. The van der Waals surface area contributed by atoms with Crippen LogP contribution in [0.5, 0.6) is 0 Å². The molecule has 3 heterocycles. The maximum atomic E-state index is 12.6. The first-order valence-electron chi connectivity index (χ1n) is 12.7. The van der Waals surface area contributed by atoms with E-state index in [0.29, 0.717) is 6.42 Å². The first kappa shape index (κ1) is 23.1. The SMILES string of the molecule is COC(=O)N1c2ccc3c(nc(CC[C@H]4CCCO4)n3[C@@H]3CCC[C@H](C(=O)O)C3)c2CC[C@@H]1C. The average Bonchev–Trinajstić information content (AvgIpc) is 3.49. The molecule has 8 heteroatoms. The van der Waals surface area contributed by atoms with E-state index >= 15 is 0 Å². The summed E-state index contributed by atoms with van der Waals surface area (Å²) < 4.78 is 13.3. The van der Waals surface area contributed by atoms with E-state index in [0.717, 1.165) is 92.5 Å². The lowest BCUT2D eigenvalue weighted by Crippen LogP contribution is -2.42. The second kappa shape index (κ2) is 9.56. The smallest absolute Gasteiger partial charge is 0.414 e. The number of hydrogen-bond acceptors (Lipinski definition) is 5. The van der Waals surface area contributed by atoms with E-state index in [1.807, 2.05) is 13.0 Å². The van der Waals surface area contributed by atoms with Gasteiger partial charge in [-0.25, -0.2) is 9.78 Å². The summed E-state index contributed by atoms with van der Waals surface area (Å²) in [5.41, 5.74) is 3.96. The summed E-state index contributed by atoms with van der Waals surface area (Å²) in [6.07, 6.45) is 8.81. The Labute approximate surface area is 200 Å². The number of aliphatic carboxylic acids is 1. The number of hydrogen-bond donors (Lipinski definition) is 1. The highest BCUT2D eigenvalue weighted by Crippen LogP contribution is 2.41. The van der Waals surface area contributed by atoms with Crippen molar-refractivity contribution in [3.63, 3.8) is 0 Å². The van der Waals surface area contributed by atoms with Crippen LogP contribution in [0.25, 0.3) is 11.0 Å². The van der Waals surface area contributed by atoms with E-state index in [4.69, 9.17) is 14.5 Å². The number of carboxylic acids is 1.